The maximum Gasteiger partial charge on any atom is 0.311 e. The Labute approximate surface area is 109 Å². The van der Waals surface area contributed by atoms with Crippen molar-refractivity contribution in [1.29, 1.82) is 0 Å². The van der Waals surface area contributed by atoms with Gasteiger partial charge in [-0.1, -0.05) is 6.07 Å². The number of hydrogen-bond donors (Lipinski definition) is 1. The second-order valence-electron chi connectivity index (χ2n) is 3.89. The third-order valence-electron chi connectivity index (χ3n) is 2.37. The zero-order chi connectivity index (χ0) is 13.9. The second-order valence-corrected chi connectivity index (χ2v) is 4.55. The molecule has 0 aromatic heterocycles. The number of phenols is 1. The van der Waals surface area contributed by atoms with Crippen molar-refractivity contribution in [3.8, 4) is 5.75 Å². The smallest absolute Gasteiger partial charge is 0.311 e. The number of hydrogen-bond acceptors (Lipinski definition) is 4. The third kappa shape index (κ3) is 3.33. The molecule has 0 aliphatic carbocycles. The van der Waals surface area contributed by atoms with Crippen LogP contribution in [0, 0.1) is 10.1 Å². The Kier molecular flexibility index (Phi) is 4.49. The van der Waals surface area contributed by atoms with Crippen LogP contribution in [-0.2, 0) is 11.3 Å². The number of amides is 1. The standard InChI is InChI=1S/C11H13ClN2O4/c1-7(12)11(16)13(2)6-8-3-4-10(15)9(5-8)14(17)18/h3-5,7,15H,6H2,1-2H3. The van der Waals surface area contributed by atoms with Crippen molar-refractivity contribution < 1.29 is 14.8 Å². The maximum absolute atomic E-state index is 11.5. The molecule has 0 spiro atoms. The molecule has 0 saturated heterocycles. The van der Waals surface area contributed by atoms with Crippen LogP contribution in [0.1, 0.15) is 12.5 Å². The summed E-state index contributed by atoms with van der Waals surface area (Å²) in [7, 11) is 1.56. The number of nitro groups is 1. The van der Waals surface area contributed by atoms with Crippen LogP contribution in [0.25, 0.3) is 0 Å². The first kappa shape index (κ1) is 14.2. The van der Waals surface area contributed by atoms with Crippen LogP contribution in [0.15, 0.2) is 18.2 Å². The highest BCUT2D eigenvalue weighted by atomic mass is 35.5. The van der Waals surface area contributed by atoms with Gasteiger partial charge in [-0.05, 0) is 18.6 Å². The second kappa shape index (κ2) is 5.68. The summed E-state index contributed by atoms with van der Waals surface area (Å²) in [4.78, 5) is 22.9. The largest absolute Gasteiger partial charge is 0.502 e. The van der Waals surface area contributed by atoms with Gasteiger partial charge in [0.1, 0.15) is 5.38 Å². The molecule has 0 bridgehead atoms. The highest BCUT2D eigenvalue weighted by Crippen LogP contribution is 2.26. The fourth-order valence-corrected chi connectivity index (χ4v) is 1.64. The van der Waals surface area contributed by atoms with Gasteiger partial charge in [-0.15, -0.1) is 11.6 Å². The Hall–Kier alpha value is -1.82. The van der Waals surface area contributed by atoms with E-state index in [0.29, 0.717) is 5.56 Å². The first-order chi connectivity index (χ1) is 8.32. The summed E-state index contributed by atoms with van der Waals surface area (Å²) < 4.78 is 0. The molecule has 1 aromatic rings. The SMILES string of the molecule is CC(Cl)C(=O)N(C)Cc1ccc(O)c([N+](=O)[O-])c1. The molecule has 6 nitrogen and oxygen atoms in total. The van der Waals surface area contributed by atoms with Gasteiger partial charge in [-0.2, -0.15) is 0 Å². The summed E-state index contributed by atoms with van der Waals surface area (Å²) in [5.74, 6) is -0.671. The van der Waals surface area contributed by atoms with Gasteiger partial charge in [0.2, 0.25) is 5.91 Å². The summed E-state index contributed by atoms with van der Waals surface area (Å²) in [5, 5.41) is 19.3. The minimum Gasteiger partial charge on any atom is -0.502 e. The molecule has 18 heavy (non-hydrogen) atoms. The van der Waals surface area contributed by atoms with E-state index in [1.165, 1.54) is 23.1 Å². The topological polar surface area (TPSA) is 83.7 Å². The molecule has 0 radical (unpaired) electrons. The summed E-state index contributed by atoms with van der Waals surface area (Å²) in [5.41, 5.74) is 0.167. The van der Waals surface area contributed by atoms with E-state index in [1.54, 1.807) is 14.0 Å². The van der Waals surface area contributed by atoms with Gasteiger partial charge in [-0.25, -0.2) is 0 Å². The van der Waals surface area contributed by atoms with Gasteiger partial charge < -0.3 is 10.0 Å². The van der Waals surface area contributed by atoms with E-state index in [9.17, 15) is 20.0 Å². The number of halogens is 1. The van der Waals surface area contributed by atoms with E-state index in [1.807, 2.05) is 0 Å². The number of nitro benzene ring substituents is 1. The highest BCUT2D eigenvalue weighted by Gasteiger charge is 2.18. The molecule has 0 aliphatic heterocycles. The molecule has 0 saturated carbocycles. The monoisotopic (exact) mass is 272 g/mol. The van der Waals surface area contributed by atoms with E-state index in [4.69, 9.17) is 11.6 Å². The normalized spacial score (nSPS) is 11.9. The van der Waals surface area contributed by atoms with Crippen LogP contribution in [-0.4, -0.2) is 33.3 Å². The number of nitrogens with zero attached hydrogens (tertiary/aromatic N) is 2. The Balaban J connectivity index is 2.89. The number of carbonyl (C=O) groups is 1. The molecule has 7 heteroatoms. The van der Waals surface area contributed by atoms with Crippen LogP contribution in [0.5, 0.6) is 5.75 Å². The summed E-state index contributed by atoms with van der Waals surface area (Å²) in [6.07, 6.45) is 0. The van der Waals surface area contributed by atoms with Gasteiger partial charge in [-0.3, -0.25) is 14.9 Å². The van der Waals surface area contributed by atoms with E-state index in [-0.39, 0.29) is 18.1 Å². The van der Waals surface area contributed by atoms with Crippen molar-refractivity contribution in [3.63, 3.8) is 0 Å². The average Bonchev–Trinajstić information content (AvgIpc) is 2.29. The predicted molar refractivity (Wildman–Crippen MR) is 66.6 cm³/mol. The van der Waals surface area contributed by atoms with Crippen molar-refractivity contribution >= 4 is 23.2 Å². The Bertz CT molecular complexity index is 476. The number of phenolic OH excluding ortho intramolecular Hbond substituents is 1. The van der Waals surface area contributed by atoms with Gasteiger partial charge in [0, 0.05) is 19.7 Å². The maximum atomic E-state index is 11.5. The lowest BCUT2D eigenvalue weighted by Gasteiger charge is -2.18. The fraction of sp³-hybridized carbons (Fsp3) is 0.364. The molecule has 98 valence electrons. The van der Waals surface area contributed by atoms with Gasteiger partial charge in [0.25, 0.3) is 0 Å². The number of carbonyl (C=O) groups excluding carboxylic acids is 1. The van der Waals surface area contributed by atoms with E-state index >= 15 is 0 Å². The van der Waals surface area contributed by atoms with Gasteiger partial charge in [0.05, 0.1) is 4.92 Å². The summed E-state index contributed by atoms with van der Waals surface area (Å²) in [6.45, 7) is 1.75. The van der Waals surface area contributed by atoms with Crippen molar-refractivity contribution in [2.24, 2.45) is 0 Å². The quantitative estimate of drug-likeness (QED) is 0.515. The minimum absolute atomic E-state index is 0.191. The molecule has 1 unspecified atom stereocenters. The molecular weight excluding hydrogens is 260 g/mol. The molecule has 0 fully saturated rings. The van der Waals surface area contributed by atoms with Crippen molar-refractivity contribution in [2.75, 3.05) is 7.05 Å². The zero-order valence-electron chi connectivity index (χ0n) is 9.96. The predicted octanol–water partition coefficient (Wildman–Crippen LogP) is 1.89. The lowest BCUT2D eigenvalue weighted by molar-refractivity contribution is -0.385. The molecule has 1 rings (SSSR count). The number of alkyl halides is 1. The molecule has 1 aromatic carbocycles. The third-order valence-corrected chi connectivity index (χ3v) is 2.56. The fourth-order valence-electron chi connectivity index (χ4n) is 1.47. The molecule has 0 heterocycles. The number of rotatable bonds is 4. The molecule has 1 N–H and O–H groups in total. The first-order valence-electron chi connectivity index (χ1n) is 5.18. The summed E-state index contributed by atoms with van der Waals surface area (Å²) >= 11 is 5.66. The van der Waals surface area contributed by atoms with Crippen molar-refractivity contribution in [1.82, 2.24) is 4.90 Å². The Morgan fingerprint density at radius 3 is 2.72 bits per heavy atom. The number of aromatic hydroxyl groups is 1. The lowest BCUT2D eigenvalue weighted by Crippen LogP contribution is -2.31. The Morgan fingerprint density at radius 2 is 2.22 bits per heavy atom. The van der Waals surface area contributed by atoms with Crippen molar-refractivity contribution in [2.45, 2.75) is 18.8 Å². The molecule has 1 atom stereocenters. The lowest BCUT2D eigenvalue weighted by atomic mass is 10.1. The minimum atomic E-state index is -0.676. The molecule has 1 amide bonds. The van der Waals surface area contributed by atoms with E-state index in [0.717, 1.165) is 0 Å². The van der Waals surface area contributed by atoms with Crippen LogP contribution in [0.4, 0.5) is 5.69 Å². The Morgan fingerprint density at radius 1 is 1.61 bits per heavy atom. The molecule has 0 aliphatic rings. The van der Waals surface area contributed by atoms with Gasteiger partial charge in [0.15, 0.2) is 5.75 Å². The highest BCUT2D eigenvalue weighted by molar-refractivity contribution is 6.30. The van der Waals surface area contributed by atoms with Crippen molar-refractivity contribution in [3.05, 3.63) is 33.9 Å². The van der Waals surface area contributed by atoms with Crippen LogP contribution < -0.4 is 0 Å². The zero-order valence-corrected chi connectivity index (χ0v) is 10.7. The number of benzene rings is 1. The van der Waals surface area contributed by atoms with E-state index < -0.39 is 16.0 Å². The molecular formula is C11H13ClN2O4. The first-order valence-corrected chi connectivity index (χ1v) is 5.62. The van der Waals surface area contributed by atoms with E-state index in [2.05, 4.69) is 0 Å². The van der Waals surface area contributed by atoms with Crippen LogP contribution >= 0.6 is 11.6 Å². The average molecular weight is 273 g/mol. The summed E-state index contributed by atoms with van der Waals surface area (Å²) in [6, 6.07) is 3.99. The van der Waals surface area contributed by atoms with Crippen LogP contribution in [0.2, 0.25) is 0 Å². The van der Waals surface area contributed by atoms with Crippen LogP contribution in [0.3, 0.4) is 0 Å². The van der Waals surface area contributed by atoms with Gasteiger partial charge >= 0.3 is 5.69 Å².